The minimum Gasteiger partial charge on any atom is -0.508 e. The first kappa shape index (κ1) is 50.7. The number of aliphatic carboxylic acids is 4. The molecule has 2 aromatic rings. The largest absolute Gasteiger partial charge is 0.508 e. The van der Waals surface area contributed by atoms with Crippen molar-refractivity contribution in [1.29, 1.82) is 0 Å². The highest BCUT2D eigenvalue weighted by Crippen LogP contribution is 2.41. The summed E-state index contributed by atoms with van der Waals surface area (Å²) in [6.07, 6.45) is 9.24. The molecule has 0 aliphatic heterocycles. The van der Waals surface area contributed by atoms with Crippen LogP contribution in [0.25, 0.3) is 0 Å². The highest BCUT2D eigenvalue weighted by Gasteiger charge is 2.40. The van der Waals surface area contributed by atoms with E-state index in [2.05, 4.69) is 9.80 Å². The van der Waals surface area contributed by atoms with Crippen molar-refractivity contribution in [2.24, 2.45) is 0 Å². The third-order valence-corrected chi connectivity index (χ3v) is 9.53. The molecule has 2 fully saturated rings. The number of carboxylic acid groups (broad SMARTS) is 4. The van der Waals surface area contributed by atoms with E-state index in [1.165, 1.54) is 12.8 Å². The van der Waals surface area contributed by atoms with E-state index >= 15 is 0 Å². The summed E-state index contributed by atoms with van der Waals surface area (Å²) in [6.45, 7) is 1.67. The molecular weight excluding hydrogens is 716 g/mol. The van der Waals surface area contributed by atoms with Crippen LogP contribution in [0, 0.1) is 0 Å². The van der Waals surface area contributed by atoms with Crippen LogP contribution in [0.2, 0.25) is 0 Å². The second kappa shape index (κ2) is 25.7. The first-order valence-electron chi connectivity index (χ1n) is 18.5. The molecular formula is C40H64N2O13. The highest BCUT2D eigenvalue weighted by atomic mass is 16.4. The van der Waals surface area contributed by atoms with Crippen molar-refractivity contribution in [2.75, 3.05) is 41.3 Å². The summed E-state index contributed by atoms with van der Waals surface area (Å²) in [4.78, 5) is 42.8. The van der Waals surface area contributed by atoms with E-state index in [1.807, 2.05) is 52.5 Å². The second-order valence-corrected chi connectivity index (χ2v) is 14.7. The van der Waals surface area contributed by atoms with Gasteiger partial charge in [0.25, 0.3) is 0 Å². The fraction of sp³-hybridized carbons (Fsp3) is 0.600. The van der Waals surface area contributed by atoms with Gasteiger partial charge >= 0.3 is 23.9 Å². The number of rotatable bonds is 14. The third-order valence-electron chi connectivity index (χ3n) is 9.53. The van der Waals surface area contributed by atoms with E-state index in [0.717, 1.165) is 75.6 Å². The van der Waals surface area contributed by atoms with Gasteiger partial charge in [0, 0.05) is 24.9 Å². The lowest BCUT2D eigenvalue weighted by molar-refractivity contribution is -0.143. The molecule has 0 radical (unpaired) electrons. The molecule has 55 heavy (non-hydrogen) atoms. The van der Waals surface area contributed by atoms with Gasteiger partial charge in [-0.1, -0.05) is 62.8 Å². The quantitative estimate of drug-likeness (QED) is 0.131. The second-order valence-electron chi connectivity index (χ2n) is 14.7. The minimum atomic E-state index is -1.08. The van der Waals surface area contributed by atoms with E-state index in [-0.39, 0.29) is 54.5 Å². The summed E-state index contributed by atoms with van der Waals surface area (Å²) >= 11 is 0. The Morgan fingerprint density at radius 2 is 0.745 bits per heavy atom. The maximum absolute atomic E-state index is 11.0. The van der Waals surface area contributed by atoms with Crippen LogP contribution in [0.4, 0.5) is 0 Å². The lowest BCUT2D eigenvalue weighted by Crippen LogP contribution is -2.42. The first-order valence-corrected chi connectivity index (χ1v) is 18.5. The van der Waals surface area contributed by atoms with Crippen LogP contribution < -0.4 is 0 Å². The summed E-state index contributed by atoms with van der Waals surface area (Å²) in [5, 5.41) is 72.5. The number of carboxylic acids is 4. The number of phenols is 2. The molecule has 2 aromatic carbocycles. The summed E-state index contributed by atoms with van der Waals surface area (Å²) in [7, 11) is 8.17. The number of benzene rings is 2. The molecule has 4 rings (SSSR count). The molecule has 312 valence electrons. The molecule has 2 saturated carbocycles. The molecule has 2 unspecified atom stereocenters. The van der Waals surface area contributed by atoms with Crippen LogP contribution in [-0.4, -0.2) is 132 Å². The first-order chi connectivity index (χ1) is 25.3. The van der Waals surface area contributed by atoms with Gasteiger partial charge in [-0.2, -0.15) is 0 Å². The number of hydrogen-bond acceptors (Lipinski definition) is 10. The van der Waals surface area contributed by atoms with Gasteiger partial charge < -0.3 is 56.1 Å². The highest BCUT2D eigenvalue weighted by molar-refractivity contribution is 5.75. The Hall–Kier alpha value is -4.28. The number of aromatic hydroxyl groups is 2. The maximum atomic E-state index is 11.0. The Labute approximate surface area is 324 Å². The topological polar surface area (TPSA) is 268 Å². The van der Waals surface area contributed by atoms with Crippen molar-refractivity contribution < 1.29 is 65.5 Å². The number of aliphatic hydroxyl groups is 2. The average molecular weight is 781 g/mol. The van der Waals surface area contributed by atoms with Crippen LogP contribution in [0.5, 0.6) is 11.5 Å². The lowest BCUT2D eigenvalue weighted by atomic mass is 9.72. The van der Waals surface area contributed by atoms with Crippen LogP contribution >= 0.6 is 0 Å². The predicted octanol–water partition coefficient (Wildman–Crippen LogP) is 4.51. The van der Waals surface area contributed by atoms with Crippen molar-refractivity contribution in [3.63, 3.8) is 0 Å². The molecule has 0 spiro atoms. The summed E-state index contributed by atoms with van der Waals surface area (Å²) in [6, 6.07) is 14.6. The molecule has 0 saturated heterocycles. The Morgan fingerprint density at radius 3 is 0.945 bits per heavy atom. The number of nitrogens with zero attached hydrogens (tertiary/aromatic N) is 2. The molecule has 0 amide bonds. The van der Waals surface area contributed by atoms with Crippen molar-refractivity contribution in [2.45, 2.75) is 113 Å². The molecule has 15 heteroatoms. The molecule has 0 aromatic heterocycles. The van der Waals surface area contributed by atoms with Gasteiger partial charge in [-0.25, -0.2) is 0 Å². The van der Waals surface area contributed by atoms with E-state index in [9.17, 15) is 39.6 Å². The van der Waals surface area contributed by atoms with Gasteiger partial charge in [0.2, 0.25) is 0 Å². The van der Waals surface area contributed by atoms with Gasteiger partial charge in [-0.15, -0.1) is 0 Å². The SMILES string of the molecule is CN(C)CC(c1ccc(O)cc1)C1(O)CCCCC1.CN(C)CC(c1ccc(O)cc1)C1(O)CCCCC1.O.O=C(O)CCC(=O)O.O=C(O)CCC(=O)O. The van der Waals surface area contributed by atoms with Crippen molar-refractivity contribution in [3.05, 3.63) is 59.7 Å². The standard InChI is InChI=1S/2C16H25NO2.2C4H6O4.H2O/c2*1-17(2)12-15(13-6-8-14(18)9-7-13)16(19)10-4-3-5-11-16;2*5-3(6)1-2-4(7)8;/h2*6-9,15,18-19H,3-5,10-12H2,1-2H3;2*1-2H2,(H,5,6)(H,7,8);1H2. The molecule has 0 bridgehead atoms. The van der Waals surface area contributed by atoms with Crippen LogP contribution in [0.1, 0.15) is 113 Å². The molecule has 0 heterocycles. The van der Waals surface area contributed by atoms with E-state index in [0.29, 0.717) is 0 Å². The Balaban J connectivity index is 0.000000761. The summed E-state index contributed by atoms with van der Waals surface area (Å²) in [5.41, 5.74) is 1.05. The Bertz CT molecular complexity index is 1270. The van der Waals surface area contributed by atoms with Crippen molar-refractivity contribution >= 4 is 23.9 Å². The minimum absolute atomic E-state index is 0. The molecule has 2 aliphatic rings. The monoisotopic (exact) mass is 780 g/mol. The van der Waals surface area contributed by atoms with Gasteiger partial charge in [0.05, 0.1) is 36.9 Å². The van der Waals surface area contributed by atoms with Gasteiger partial charge in [0.15, 0.2) is 0 Å². The normalized spacial score (nSPS) is 16.6. The molecule has 15 nitrogen and oxygen atoms in total. The average Bonchev–Trinajstić information content (AvgIpc) is 3.10. The summed E-state index contributed by atoms with van der Waals surface area (Å²) in [5.74, 6) is -3.52. The lowest BCUT2D eigenvalue weighted by Gasteiger charge is -2.40. The Morgan fingerprint density at radius 1 is 0.509 bits per heavy atom. The van der Waals surface area contributed by atoms with Crippen molar-refractivity contribution in [3.8, 4) is 11.5 Å². The van der Waals surface area contributed by atoms with E-state index < -0.39 is 35.1 Å². The zero-order chi connectivity index (χ0) is 40.9. The zero-order valence-corrected chi connectivity index (χ0v) is 32.7. The number of likely N-dealkylation sites (N-methyl/N-ethyl adjacent to an activating group) is 2. The van der Waals surface area contributed by atoms with Crippen molar-refractivity contribution in [1.82, 2.24) is 9.80 Å². The van der Waals surface area contributed by atoms with Gasteiger partial charge in [-0.05, 0) is 89.3 Å². The zero-order valence-electron chi connectivity index (χ0n) is 32.7. The molecule has 2 aliphatic carbocycles. The maximum Gasteiger partial charge on any atom is 0.303 e. The number of phenolic OH excluding ortho intramolecular Hbond substituents is 2. The fourth-order valence-electron chi connectivity index (χ4n) is 6.77. The molecule has 2 atom stereocenters. The summed E-state index contributed by atoms with van der Waals surface area (Å²) < 4.78 is 0. The third kappa shape index (κ3) is 20.8. The Kier molecular flexibility index (Phi) is 23.7. The van der Waals surface area contributed by atoms with Crippen LogP contribution in [0.3, 0.4) is 0 Å². The van der Waals surface area contributed by atoms with E-state index in [4.69, 9.17) is 20.4 Å². The molecule has 10 N–H and O–H groups in total. The van der Waals surface area contributed by atoms with E-state index in [1.54, 1.807) is 24.3 Å². The van der Waals surface area contributed by atoms with Gasteiger partial charge in [0.1, 0.15) is 11.5 Å². The smallest absolute Gasteiger partial charge is 0.303 e. The van der Waals surface area contributed by atoms with Crippen LogP contribution in [0.15, 0.2) is 48.5 Å². The number of hydrogen-bond donors (Lipinski definition) is 8. The van der Waals surface area contributed by atoms with Gasteiger partial charge in [-0.3, -0.25) is 19.2 Å². The fourth-order valence-corrected chi connectivity index (χ4v) is 6.77. The van der Waals surface area contributed by atoms with Crippen LogP contribution in [-0.2, 0) is 19.2 Å². The predicted molar refractivity (Wildman–Crippen MR) is 207 cm³/mol. The number of carbonyl (C=O) groups is 4.